The highest BCUT2D eigenvalue weighted by molar-refractivity contribution is 5.81. The minimum atomic E-state index is -0.762. The second-order valence-corrected chi connectivity index (χ2v) is 6.59. The lowest BCUT2D eigenvalue weighted by atomic mass is 9.80. The van der Waals surface area contributed by atoms with Gasteiger partial charge in [0.25, 0.3) is 0 Å². The van der Waals surface area contributed by atoms with Gasteiger partial charge in [-0.15, -0.1) is 0 Å². The van der Waals surface area contributed by atoms with Crippen molar-refractivity contribution in [1.82, 2.24) is 5.32 Å². The molecular formula is C15H27NO4. The SMILES string of the molecule is C=C(C)C(C)(C)C[C@H](NC(=O)OC(C)(C)C)C(=O)OC. The molecule has 5 heteroatoms. The zero-order chi connectivity index (χ0) is 16.1. The lowest BCUT2D eigenvalue weighted by Gasteiger charge is -2.30. The number of esters is 1. The van der Waals surface area contributed by atoms with Crippen molar-refractivity contribution in [3.8, 4) is 0 Å². The molecule has 20 heavy (non-hydrogen) atoms. The van der Waals surface area contributed by atoms with E-state index in [1.807, 2.05) is 20.8 Å². The smallest absolute Gasteiger partial charge is 0.408 e. The number of nitrogens with one attached hydrogen (secondary N) is 1. The first kappa shape index (κ1) is 18.5. The fourth-order valence-electron chi connectivity index (χ4n) is 1.47. The van der Waals surface area contributed by atoms with Crippen molar-refractivity contribution in [3.63, 3.8) is 0 Å². The molecule has 0 heterocycles. The molecule has 5 nitrogen and oxygen atoms in total. The number of amides is 1. The Hall–Kier alpha value is -1.52. The molecule has 0 aromatic carbocycles. The summed E-state index contributed by atoms with van der Waals surface area (Å²) in [6.45, 7) is 15.0. The molecule has 0 aliphatic rings. The maximum Gasteiger partial charge on any atom is 0.408 e. The van der Waals surface area contributed by atoms with Crippen molar-refractivity contribution in [2.75, 3.05) is 7.11 Å². The Labute approximate surface area is 121 Å². The van der Waals surface area contributed by atoms with E-state index in [9.17, 15) is 9.59 Å². The number of ether oxygens (including phenoxy) is 2. The molecule has 0 aromatic heterocycles. The lowest BCUT2D eigenvalue weighted by molar-refractivity contribution is -0.143. The number of methoxy groups -OCH3 is 1. The summed E-state index contributed by atoms with van der Waals surface area (Å²) >= 11 is 0. The number of hydrogen-bond donors (Lipinski definition) is 1. The summed E-state index contributed by atoms with van der Waals surface area (Å²) in [6, 6.07) is -0.762. The number of rotatable bonds is 5. The van der Waals surface area contributed by atoms with Crippen LogP contribution in [0.3, 0.4) is 0 Å². The summed E-state index contributed by atoms with van der Waals surface area (Å²) in [4.78, 5) is 23.6. The van der Waals surface area contributed by atoms with E-state index in [1.54, 1.807) is 20.8 Å². The van der Waals surface area contributed by atoms with Gasteiger partial charge < -0.3 is 14.8 Å². The molecule has 1 N–H and O–H groups in total. The maximum atomic E-state index is 11.8. The highest BCUT2D eigenvalue weighted by atomic mass is 16.6. The van der Waals surface area contributed by atoms with Crippen LogP contribution < -0.4 is 5.32 Å². The molecule has 0 aliphatic carbocycles. The maximum absolute atomic E-state index is 11.8. The summed E-state index contributed by atoms with van der Waals surface area (Å²) in [5.74, 6) is -0.495. The van der Waals surface area contributed by atoms with Crippen LogP contribution in [-0.4, -0.2) is 30.8 Å². The fourth-order valence-corrected chi connectivity index (χ4v) is 1.47. The van der Waals surface area contributed by atoms with Gasteiger partial charge in [-0.2, -0.15) is 0 Å². The van der Waals surface area contributed by atoms with Gasteiger partial charge >= 0.3 is 12.1 Å². The predicted molar refractivity (Wildman–Crippen MR) is 78.4 cm³/mol. The van der Waals surface area contributed by atoms with E-state index in [1.165, 1.54) is 7.11 Å². The molecule has 116 valence electrons. The van der Waals surface area contributed by atoms with Crippen molar-refractivity contribution >= 4 is 12.1 Å². The number of hydrogen-bond acceptors (Lipinski definition) is 4. The Balaban J connectivity index is 4.88. The van der Waals surface area contributed by atoms with Gasteiger partial charge in [0.2, 0.25) is 0 Å². The number of allylic oxidation sites excluding steroid dienone is 1. The monoisotopic (exact) mass is 285 g/mol. The number of carbonyl (C=O) groups is 2. The van der Waals surface area contributed by atoms with Crippen LogP contribution in [0, 0.1) is 5.41 Å². The second-order valence-electron chi connectivity index (χ2n) is 6.59. The van der Waals surface area contributed by atoms with Crippen molar-refractivity contribution in [2.45, 2.75) is 59.6 Å². The highest BCUT2D eigenvalue weighted by Crippen LogP contribution is 2.30. The van der Waals surface area contributed by atoms with Gasteiger partial charge in [0, 0.05) is 0 Å². The van der Waals surface area contributed by atoms with E-state index in [4.69, 9.17) is 9.47 Å². The first-order chi connectivity index (χ1) is 8.89. The molecule has 0 fully saturated rings. The molecule has 0 aromatic rings. The van der Waals surface area contributed by atoms with Crippen LogP contribution in [0.15, 0.2) is 12.2 Å². The van der Waals surface area contributed by atoms with Gasteiger partial charge in [0.05, 0.1) is 7.11 Å². The standard InChI is InChI=1S/C15H27NO4/c1-10(2)15(6,7)9-11(12(17)19-8)16-13(18)20-14(3,4)5/h11H,1,9H2,2-8H3,(H,16,18)/t11-/m0/s1. The molecule has 0 bridgehead atoms. The van der Waals surface area contributed by atoms with E-state index in [-0.39, 0.29) is 5.41 Å². The first-order valence-corrected chi connectivity index (χ1v) is 6.62. The van der Waals surface area contributed by atoms with Crippen LogP contribution in [0.5, 0.6) is 0 Å². The third-order valence-electron chi connectivity index (χ3n) is 3.05. The normalized spacial score (nSPS) is 13.3. The quantitative estimate of drug-likeness (QED) is 0.623. The molecule has 0 rings (SSSR count). The van der Waals surface area contributed by atoms with Gasteiger partial charge in [-0.3, -0.25) is 0 Å². The summed E-state index contributed by atoms with van der Waals surface area (Å²) < 4.78 is 9.89. The zero-order valence-electron chi connectivity index (χ0n) is 13.6. The van der Waals surface area contributed by atoms with Crippen LogP contribution in [0.2, 0.25) is 0 Å². The fraction of sp³-hybridized carbons (Fsp3) is 0.733. The Morgan fingerprint density at radius 2 is 1.70 bits per heavy atom. The Morgan fingerprint density at radius 1 is 1.20 bits per heavy atom. The lowest BCUT2D eigenvalue weighted by Crippen LogP contribution is -2.46. The zero-order valence-corrected chi connectivity index (χ0v) is 13.6. The molecule has 0 saturated carbocycles. The Morgan fingerprint density at radius 3 is 2.05 bits per heavy atom. The molecule has 1 amide bonds. The van der Waals surface area contributed by atoms with Gasteiger partial charge in [0.15, 0.2) is 0 Å². The molecule has 0 unspecified atom stereocenters. The second kappa shape index (κ2) is 6.77. The van der Waals surface area contributed by atoms with Gasteiger partial charge in [0.1, 0.15) is 11.6 Å². The molecule has 0 spiro atoms. The van der Waals surface area contributed by atoms with E-state index >= 15 is 0 Å². The Kier molecular flexibility index (Phi) is 6.26. The minimum Gasteiger partial charge on any atom is -0.467 e. The predicted octanol–water partition coefficient (Wildman–Crippen LogP) is 3.05. The number of alkyl carbamates (subject to hydrolysis) is 1. The van der Waals surface area contributed by atoms with Crippen molar-refractivity contribution in [1.29, 1.82) is 0 Å². The molecular weight excluding hydrogens is 258 g/mol. The van der Waals surface area contributed by atoms with Gasteiger partial charge in [-0.25, -0.2) is 9.59 Å². The molecule has 0 aliphatic heterocycles. The van der Waals surface area contributed by atoms with Crippen LogP contribution in [0.25, 0.3) is 0 Å². The van der Waals surface area contributed by atoms with E-state index in [2.05, 4.69) is 11.9 Å². The van der Waals surface area contributed by atoms with Crippen molar-refractivity contribution in [2.24, 2.45) is 5.41 Å². The molecule has 0 saturated heterocycles. The first-order valence-electron chi connectivity index (χ1n) is 6.62. The van der Waals surface area contributed by atoms with Crippen LogP contribution in [-0.2, 0) is 14.3 Å². The van der Waals surface area contributed by atoms with Crippen LogP contribution in [0.4, 0.5) is 4.79 Å². The van der Waals surface area contributed by atoms with Gasteiger partial charge in [-0.05, 0) is 39.5 Å². The largest absolute Gasteiger partial charge is 0.467 e. The number of carbonyl (C=O) groups excluding carboxylic acids is 2. The average molecular weight is 285 g/mol. The summed E-state index contributed by atoms with van der Waals surface area (Å²) in [7, 11) is 1.29. The average Bonchev–Trinajstić information content (AvgIpc) is 2.23. The van der Waals surface area contributed by atoms with Crippen molar-refractivity contribution < 1.29 is 19.1 Å². The van der Waals surface area contributed by atoms with E-state index in [0.717, 1.165) is 5.57 Å². The minimum absolute atomic E-state index is 0.298. The summed E-state index contributed by atoms with van der Waals surface area (Å²) in [6.07, 6.45) is -0.237. The van der Waals surface area contributed by atoms with Crippen LogP contribution >= 0.6 is 0 Å². The van der Waals surface area contributed by atoms with Crippen molar-refractivity contribution in [3.05, 3.63) is 12.2 Å². The summed E-state index contributed by atoms with van der Waals surface area (Å²) in [5.41, 5.74) is 0.0139. The highest BCUT2D eigenvalue weighted by Gasteiger charge is 2.31. The summed E-state index contributed by atoms with van der Waals surface area (Å²) in [5, 5.41) is 2.56. The Bertz CT molecular complexity index is 380. The third kappa shape index (κ3) is 6.59. The molecule has 1 atom stereocenters. The molecule has 0 radical (unpaired) electrons. The third-order valence-corrected chi connectivity index (χ3v) is 3.05. The van der Waals surface area contributed by atoms with Crippen LogP contribution in [0.1, 0.15) is 48.0 Å². The van der Waals surface area contributed by atoms with E-state index < -0.39 is 23.7 Å². The van der Waals surface area contributed by atoms with E-state index in [0.29, 0.717) is 6.42 Å². The topological polar surface area (TPSA) is 64.6 Å². The van der Waals surface area contributed by atoms with Gasteiger partial charge in [-0.1, -0.05) is 26.0 Å².